The molecule has 3 heteroatoms. The topological polar surface area (TPSA) is 43.8 Å². The molecule has 100 valence electrons. The van der Waals surface area contributed by atoms with E-state index in [0.717, 1.165) is 41.7 Å². The molecule has 1 fully saturated rings. The van der Waals surface area contributed by atoms with Crippen LogP contribution < -0.4 is 5.73 Å². The first-order valence-corrected chi connectivity index (χ1v) is 7.12. The van der Waals surface area contributed by atoms with Gasteiger partial charge in [-0.3, -0.25) is 0 Å². The van der Waals surface area contributed by atoms with Gasteiger partial charge in [-0.05, 0) is 36.8 Å². The molecule has 1 aromatic carbocycles. The molecule has 1 aliphatic rings. The summed E-state index contributed by atoms with van der Waals surface area (Å²) in [5.41, 5.74) is 9.73. The van der Waals surface area contributed by atoms with Crippen LogP contribution in [0.5, 0.6) is 0 Å². The lowest BCUT2D eigenvalue weighted by Gasteiger charge is -2.03. The maximum Gasteiger partial charge on any atom is 0.131 e. The summed E-state index contributed by atoms with van der Waals surface area (Å²) in [5.74, 6) is 2.61. The summed E-state index contributed by atoms with van der Waals surface area (Å²) >= 11 is 0. The Balaban J connectivity index is 2.01. The lowest BCUT2D eigenvalue weighted by atomic mass is 10.1. The van der Waals surface area contributed by atoms with Crippen LogP contribution >= 0.6 is 0 Å². The minimum atomic E-state index is 0.764. The highest BCUT2D eigenvalue weighted by atomic mass is 15.1. The van der Waals surface area contributed by atoms with Crippen LogP contribution in [0.1, 0.15) is 43.5 Å². The van der Waals surface area contributed by atoms with E-state index in [1.807, 2.05) is 11.6 Å². The Hall–Kier alpha value is -1.77. The molecule has 2 aromatic rings. The van der Waals surface area contributed by atoms with Gasteiger partial charge in [0.25, 0.3) is 0 Å². The molecule has 0 unspecified atom stereocenters. The number of anilines is 1. The maximum atomic E-state index is 6.21. The Morgan fingerprint density at radius 3 is 2.84 bits per heavy atom. The van der Waals surface area contributed by atoms with Crippen LogP contribution in [-0.2, 0) is 13.5 Å². The van der Waals surface area contributed by atoms with Crippen molar-refractivity contribution in [3.63, 3.8) is 0 Å². The molecule has 3 nitrogen and oxygen atoms in total. The van der Waals surface area contributed by atoms with Crippen molar-refractivity contribution in [1.29, 1.82) is 0 Å². The molecule has 1 aromatic heterocycles. The Morgan fingerprint density at radius 2 is 2.16 bits per heavy atom. The minimum absolute atomic E-state index is 0.764. The number of rotatable bonds is 4. The molecule has 1 aliphatic carbocycles. The number of hydrogen-bond acceptors (Lipinski definition) is 2. The van der Waals surface area contributed by atoms with Gasteiger partial charge >= 0.3 is 0 Å². The van der Waals surface area contributed by atoms with Gasteiger partial charge in [0.2, 0.25) is 0 Å². The summed E-state index contributed by atoms with van der Waals surface area (Å²) in [4.78, 5) is 4.73. The number of benzene rings is 1. The molecule has 1 heterocycles. The highest BCUT2D eigenvalue weighted by Crippen LogP contribution is 2.41. The molecular formula is C16H21N3. The van der Waals surface area contributed by atoms with Gasteiger partial charge in [0.1, 0.15) is 17.3 Å². The number of hydrogen-bond donors (Lipinski definition) is 1. The summed E-state index contributed by atoms with van der Waals surface area (Å²) in [6.07, 6.45) is 4.71. The highest BCUT2D eigenvalue weighted by molar-refractivity contribution is 5.71. The van der Waals surface area contributed by atoms with Gasteiger partial charge in [-0.1, -0.05) is 25.1 Å². The molecule has 2 N–H and O–H groups in total. The van der Waals surface area contributed by atoms with Crippen molar-refractivity contribution in [1.82, 2.24) is 9.55 Å². The van der Waals surface area contributed by atoms with Crippen molar-refractivity contribution >= 4 is 5.82 Å². The van der Waals surface area contributed by atoms with Gasteiger partial charge in [0.15, 0.2) is 0 Å². The van der Waals surface area contributed by atoms with Crippen LogP contribution in [0.3, 0.4) is 0 Å². The number of nitrogens with zero attached hydrogens (tertiary/aromatic N) is 2. The summed E-state index contributed by atoms with van der Waals surface area (Å²) in [6, 6.07) is 8.70. The van der Waals surface area contributed by atoms with Crippen LogP contribution in [0, 0.1) is 0 Å². The molecule has 0 aliphatic heterocycles. The Kier molecular flexibility index (Phi) is 3.05. The standard InChI is InChI=1S/C16H21N3/c1-3-5-14-18-15(16(17)19(14)2)13-7-4-6-12(10-13)11-8-9-11/h4,6-7,10-11H,3,5,8-9,17H2,1-2H3. The Bertz CT molecular complexity index is 594. The average molecular weight is 255 g/mol. The molecule has 0 spiro atoms. The van der Waals surface area contributed by atoms with Crippen molar-refractivity contribution in [2.45, 2.75) is 38.5 Å². The summed E-state index contributed by atoms with van der Waals surface area (Å²) in [6.45, 7) is 2.16. The maximum absolute atomic E-state index is 6.21. The fraction of sp³-hybridized carbons (Fsp3) is 0.438. The molecule has 1 saturated carbocycles. The average Bonchev–Trinajstić information content (AvgIpc) is 3.23. The SMILES string of the molecule is CCCc1nc(-c2cccc(C3CC3)c2)c(N)n1C. The van der Waals surface area contributed by atoms with Crippen molar-refractivity contribution in [2.75, 3.05) is 5.73 Å². The number of nitrogens with two attached hydrogens (primary N) is 1. The molecule has 0 amide bonds. The van der Waals surface area contributed by atoms with Gasteiger partial charge in [0, 0.05) is 19.0 Å². The molecule has 0 saturated heterocycles. The van der Waals surface area contributed by atoms with E-state index < -0.39 is 0 Å². The van der Waals surface area contributed by atoms with Crippen molar-refractivity contribution in [3.05, 3.63) is 35.7 Å². The molecule has 0 atom stereocenters. The van der Waals surface area contributed by atoms with E-state index in [2.05, 4.69) is 31.2 Å². The molecule has 3 rings (SSSR count). The predicted octanol–water partition coefficient (Wildman–Crippen LogP) is 3.50. The van der Waals surface area contributed by atoms with E-state index in [0.29, 0.717) is 0 Å². The zero-order valence-electron chi connectivity index (χ0n) is 11.7. The third kappa shape index (κ3) is 2.25. The first-order valence-electron chi connectivity index (χ1n) is 7.12. The quantitative estimate of drug-likeness (QED) is 0.908. The van der Waals surface area contributed by atoms with Crippen molar-refractivity contribution < 1.29 is 0 Å². The Morgan fingerprint density at radius 1 is 1.37 bits per heavy atom. The van der Waals surface area contributed by atoms with E-state index in [9.17, 15) is 0 Å². The van der Waals surface area contributed by atoms with E-state index in [1.54, 1.807) is 0 Å². The molecule has 0 radical (unpaired) electrons. The summed E-state index contributed by atoms with van der Waals surface area (Å²) in [5, 5.41) is 0. The summed E-state index contributed by atoms with van der Waals surface area (Å²) in [7, 11) is 2.00. The van der Waals surface area contributed by atoms with E-state index in [4.69, 9.17) is 10.7 Å². The van der Waals surface area contributed by atoms with E-state index in [1.165, 1.54) is 18.4 Å². The fourth-order valence-electron chi connectivity index (χ4n) is 2.58. The van der Waals surface area contributed by atoms with Gasteiger partial charge in [-0.15, -0.1) is 0 Å². The first kappa shape index (κ1) is 12.3. The zero-order chi connectivity index (χ0) is 13.4. The number of imidazole rings is 1. The second-order valence-corrected chi connectivity index (χ2v) is 5.47. The highest BCUT2D eigenvalue weighted by Gasteiger charge is 2.24. The van der Waals surface area contributed by atoms with Crippen LogP contribution in [0.15, 0.2) is 24.3 Å². The second-order valence-electron chi connectivity index (χ2n) is 5.47. The van der Waals surface area contributed by atoms with Crippen molar-refractivity contribution in [2.24, 2.45) is 7.05 Å². The van der Waals surface area contributed by atoms with Gasteiger partial charge in [-0.2, -0.15) is 0 Å². The minimum Gasteiger partial charge on any atom is -0.383 e. The third-order valence-electron chi connectivity index (χ3n) is 3.91. The van der Waals surface area contributed by atoms with Gasteiger partial charge < -0.3 is 10.3 Å². The largest absolute Gasteiger partial charge is 0.383 e. The Labute approximate surface area is 114 Å². The van der Waals surface area contributed by atoms with Crippen LogP contribution in [0.4, 0.5) is 5.82 Å². The third-order valence-corrected chi connectivity index (χ3v) is 3.91. The van der Waals surface area contributed by atoms with Crippen LogP contribution in [-0.4, -0.2) is 9.55 Å². The predicted molar refractivity (Wildman–Crippen MR) is 79.0 cm³/mol. The van der Waals surface area contributed by atoms with Gasteiger partial charge in [0.05, 0.1) is 0 Å². The second kappa shape index (κ2) is 4.72. The summed E-state index contributed by atoms with van der Waals surface area (Å²) < 4.78 is 2.02. The number of aryl methyl sites for hydroxylation is 1. The van der Waals surface area contributed by atoms with Crippen molar-refractivity contribution in [3.8, 4) is 11.3 Å². The normalized spacial score (nSPS) is 14.8. The molecule has 19 heavy (non-hydrogen) atoms. The number of aromatic nitrogens is 2. The molecular weight excluding hydrogens is 234 g/mol. The lowest BCUT2D eigenvalue weighted by molar-refractivity contribution is 0.764. The van der Waals surface area contributed by atoms with E-state index in [-0.39, 0.29) is 0 Å². The lowest BCUT2D eigenvalue weighted by Crippen LogP contribution is -2.01. The smallest absolute Gasteiger partial charge is 0.131 e. The van der Waals surface area contributed by atoms with E-state index >= 15 is 0 Å². The monoisotopic (exact) mass is 255 g/mol. The number of nitrogen functional groups attached to an aromatic ring is 1. The zero-order valence-corrected chi connectivity index (χ0v) is 11.7. The van der Waals surface area contributed by atoms with Gasteiger partial charge in [-0.25, -0.2) is 4.98 Å². The fourth-order valence-corrected chi connectivity index (χ4v) is 2.58. The molecule has 0 bridgehead atoms. The first-order chi connectivity index (χ1) is 9.20. The van der Waals surface area contributed by atoms with Crippen LogP contribution in [0.2, 0.25) is 0 Å². The van der Waals surface area contributed by atoms with Crippen LogP contribution in [0.25, 0.3) is 11.3 Å².